The van der Waals surface area contributed by atoms with Crippen molar-refractivity contribution in [3.63, 3.8) is 0 Å². The Hall–Kier alpha value is -2.28. The summed E-state index contributed by atoms with van der Waals surface area (Å²) in [5.74, 6) is -0.769. The highest BCUT2D eigenvalue weighted by atomic mass is 16.4. The van der Waals surface area contributed by atoms with Gasteiger partial charge in [-0.25, -0.2) is 0 Å². The molecule has 3 atom stereocenters. The van der Waals surface area contributed by atoms with E-state index in [1.807, 2.05) is 0 Å². The lowest BCUT2D eigenvalue weighted by Gasteiger charge is -2.20. The van der Waals surface area contributed by atoms with Crippen molar-refractivity contribution < 1.29 is 20.4 Å². The van der Waals surface area contributed by atoms with Gasteiger partial charge >= 0.3 is 0 Å². The number of rotatable bonds is 7. The molecule has 20 heavy (non-hydrogen) atoms. The Morgan fingerprint density at radius 2 is 1.50 bits per heavy atom. The summed E-state index contributed by atoms with van der Waals surface area (Å²) in [6, 6.07) is 0. The van der Waals surface area contributed by atoms with Crippen LogP contribution in [0, 0.1) is 0 Å². The molecule has 12 nitrogen and oxygen atoms in total. The zero-order valence-corrected chi connectivity index (χ0v) is 10.4. The van der Waals surface area contributed by atoms with Crippen molar-refractivity contribution in [3.8, 4) is 0 Å². The van der Waals surface area contributed by atoms with E-state index >= 15 is 0 Å². The largest absolute Gasteiger partial charge is 0.394 e. The molecule has 12 heteroatoms. The van der Waals surface area contributed by atoms with E-state index < -0.39 is 30.9 Å². The molecule has 0 fully saturated rings. The van der Waals surface area contributed by atoms with Gasteiger partial charge in [-0.1, -0.05) is 0 Å². The predicted octanol–water partition coefficient (Wildman–Crippen LogP) is -5.05. The minimum absolute atomic E-state index is 0.344. The second-order valence-electron chi connectivity index (χ2n) is 3.50. The molecule has 3 unspecified atom stereocenters. The number of nitrogens with zero attached hydrogens (tertiary/aromatic N) is 4. The average Bonchev–Trinajstić information content (AvgIpc) is 2.39. The van der Waals surface area contributed by atoms with Gasteiger partial charge in [0.1, 0.15) is 24.0 Å². The quantitative estimate of drug-likeness (QED) is 0.128. The molecule has 0 aliphatic heterocycles. The lowest BCUT2D eigenvalue weighted by molar-refractivity contribution is -0.0548. The Labute approximate surface area is 113 Å². The molecular formula is C8H18N8O4. The topological polar surface area (TPSA) is 234 Å². The minimum atomic E-state index is -1.75. The van der Waals surface area contributed by atoms with Gasteiger partial charge < -0.3 is 43.4 Å². The van der Waals surface area contributed by atoms with Gasteiger partial charge in [-0.05, 0) is 0 Å². The summed E-state index contributed by atoms with van der Waals surface area (Å²) in [5.41, 5.74) is 19.8. The Morgan fingerprint density at radius 3 is 1.95 bits per heavy atom. The number of hydrogen-bond donors (Lipinski definition) is 8. The van der Waals surface area contributed by atoms with E-state index in [1.54, 1.807) is 0 Å². The third kappa shape index (κ3) is 6.60. The molecule has 0 aliphatic rings. The van der Waals surface area contributed by atoms with Gasteiger partial charge in [0.15, 0.2) is 0 Å². The van der Waals surface area contributed by atoms with Crippen LogP contribution in [0.25, 0.3) is 0 Å². The number of guanidine groups is 2. The summed E-state index contributed by atoms with van der Waals surface area (Å²) in [5, 5.41) is 50.5. The molecule has 0 heterocycles. The number of aliphatic hydroxyl groups excluding tert-OH is 4. The highest BCUT2D eigenvalue weighted by molar-refractivity contribution is 6.32. The fourth-order valence-corrected chi connectivity index (χ4v) is 0.925. The summed E-state index contributed by atoms with van der Waals surface area (Å²) < 4.78 is 0. The average molecular weight is 290 g/mol. The molecule has 0 rings (SSSR count). The van der Waals surface area contributed by atoms with Crippen LogP contribution >= 0.6 is 0 Å². The predicted molar refractivity (Wildman–Crippen MR) is 72.7 cm³/mol. The van der Waals surface area contributed by atoms with Gasteiger partial charge in [-0.3, -0.25) is 0 Å². The molecule has 0 saturated heterocycles. The number of nitrogens with two attached hydrogens (primary N) is 4. The summed E-state index contributed by atoms with van der Waals surface area (Å²) >= 11 is 0. The van der Waals surface area contributed by atoms with Gasteiger partial charge in [0, 0.05) is 0 Å². The van der Waals surface area contributed by atoms with Crippen LogP contribution in [0.4, 0.5) is 0 Å². The highest BCUT2D eigenvalue weighted by Gasteiger charge is 2.27. The van der Waals surface area contributed by atoms with E-state index in [-0.39, 0.29) is 11.7 Å². The molecule has 0 aliphatic carbocycles. The van der Waals surface area contributed by atoms with E-state index in [0.717, 1.165) is 6.21 Å². The van der Waals surface area contributed by atoms with Gasteiger partial charge in [0.2, 0.25) is 11.9 Å². The van der Waals surface area contributed by atoms with Crippen molar-refractivity contribution in [3.05, 3.63) is 0 Å². The SMILES string of the molecule is NC(N)=N/N=C/C(=N\N=C(N)N)C(O)C(O)C(O)CO. The Bertz CT molecular complexity index is 413. The molecule has 0 bridgehead atoms. The second kappa shape index (κ2) is 8.76. The van der Waals surface area contributed by atoms with E-state index in [0.29, 0.717) is 0 Å². The van der Waals surface area contributed by atoms with Gasteiger partial charge in [-0.15, -0.1) is 15.3 Å². The van der Waals surface area contributed by atoms with Gasteiger partial charge in [0.25, 0.3) is 0 Å². The third-order valence-electron chi connectivity index (χ3n) is 1.85. The van der Waals surface area contributed by atoms with Crippen LogP contribution in [0.1, 0.15) is 0 Å². The summed E-state index contributed by atoms with van der Waals surface area (Å²) in [6.07, 6.45) is -4.23. The monoisotopic (exact) mass is 290 g/mol. The smallest absolute Gasteiger partial charge is 0.211 e. The van der Waals surface area contributed by atoms with Gasteiger partial charge in [0.05, 0.1) is 12.8 Å². The number of hydrogen-bond acceptors (Lipinski definition) is 8. The molecule has 0 amide bonds. The molecule has 0 saturated carbocycles. The molecule has 0 aromatic carbocycles. The van der Waals surface area contributed by atoms with Crippen molar-refractivity contribution in [2.45, 2.75) is 18.3 Å². The molecule has 0 spiro atoms. The van der Waals surface area contributed by atoms with Crippen LogP contribution in [0.2, 0.25) is 0 Å². The van der Waals surface area contributed by atoms with Crippen LogP contribution in [-0.2, 0) is 0 Å². The first kappa shape index (κ1) is 17.7. The Morgan fingerprint density at radius 1 is 0.950 bits per heavy atom. The zero-order valence-electron chi connectivity index (χ0n) is 10.4. The summed E-state index contributed by atoms with van der Waals surface area (Å²) in [6.45, 7) is -0.779. The standard InChI is InChI=1S/C8H18N8O4/c9-7(10)15-13-1-3(14-16-8(11)12)5(19)6(20)4(18)2-17/h1,4-6,17-20H,2H2,(H4,9,10,15)(H4,11,12,16)/b13-1+,14-3+. The molecular weight excluding hydrogens is 272 g/mol. The lowest BCUT2D eigenvalue weighted by atomic mass is 10.0. The van der Waals surface area contributed by atoms with E-state index in [4.69, 9.17) is 28.0 Å². The van der Waals surface area contributed by atoms with Crippen molar-refractivity contribution in [2.24, 2.45) is 43.3 Å². The molecule has 0 aromatic rings. The van der Waals surface area contributed by atoms with Crippen molar-refractivity contribution >= 4 is 23.8 Å². The van der Waals surface area contributed by atoms with Crippen LogP contribution in [0.3, 0.4) is 0 Å². The van der Waals surface area contributed by atoms with Crippen molar-refractivity contribution in [1.29, 1.82) is 0 Å². The first-order chi connectivity index (χ1) is 9.29. The Kier molecular flexibility index (Phi) is 7.76. The normalized spacial score (nSPS) is 16.5. The maximum absolute atomic E-state index is 9.75. The fraction of sp³-hybridized carbons (Fsp3) is 0.500. The van der Waals surface area contributed by atoms with Crippen LogP contribution < -0.4 is 22.9 Å². The maximum atomic E-state index is 9.75. The zero-order chi connectivity index (χ0) is 15.7. The Balaban J connectivity index is 5.22. The summed E-state index contributed by atoms with van der Waals surface area (Å²) in [4.78, 5) is 0. The lowest BCUT2D eigenvalue weighted by Crippen LogP contribution is -2.44. The first-order valence-corrected chi connectivity index (χ1v) is 5.23. The highest BCUT2D eigenvalue weighted by Crippen LogP contribution is 2.02. The van der Waals surface area contributed by atoms with Gasteiger partial charge in [-0.2, -0.15) is 5.10 Å². The van der Waals surface area contributed by atoms with Crippen LogP contribution in [-0.4, -0.2) is 69.2 Å². The third-order valence-corrected chi connectivity index (χ3v) is 1.85. The molecule has 114 valence electrons. The maximum Gasteiger partial charge on any atom is 0.211 e. The van der Waals surface area contributed by atoms with Crippen LogP contribution in [0.15, 0.2) is 20.4 Å². The van der Waals surface area contributed by atoms with Crippen molar-refractivity contribution in [2.75, 3.05) is 6.61 Å². The number of aliphatic hydroxyl groups is 4. The van der Waals surface area contributed by atoms with Crippen molar-refractivity contribution in [1.82, 2.24) is 0 Å². The van der Waals surface area contributed by atoms with E-state index in [2.05, 4.69) is 20.4 Å². The van der Waals surface area contributed by atoms with E-state index in [9.17, 15) is 15.3 Å². The van der Waals surface area contributed by atoms with Crippen LogP contribution in [0.5, 0.6) is 0 Å². The fourth-order valence-electron chi connectivity index (χ4n) is 0.925. The second-order valence-corrected chi connectivity index (χ2v) is 3.50. The summed E-state index contributed by atoms with van der Waals surface area (Å²) in [7, 11) is 0. The molecule has 12 N–H and O–H groups in total. The minimum Gasteiger partial charge on any atom is -0.394 e. The first-order valence-electron chi connectivity index (χ1n) is 5.23. The molecule has 0 aromatic heterocycles. The van der Waals surface area contributed by atoms with E-state index in [1.165, 1.54) is 0 Å². The molecule has 0 radical (unpaired) electrons.